The zero-order chi connectivity index (χ0) is 25.7. The standard InChI is InChI=1S/C28H33N5O3/c1-18(2)21-11-19(17-29)12-22(13-21)23(15-27(34)35)14-25-16-26(33(3)32-25)36-10-8-24-7-6-20-5-4-9-30-28(20)31-24/h6-7,11-13,16,18,23H,4-5,8-10,14-15H2,1-3H3,(H,30,31)(H,34,35). The number of aliphatic carboxylic acids is 1. The van der Waals surface area contributed by atoms with E-state index in [9.17, 15) is 15.2 Å². The zero-order valence-corrected chi connectivity index (χ0v) is 21.1. The lowest BCUT2D eigenvalue weighted by Gasteiger charge is -2.17. The molecule has 0 aliphatic carbocycles. The minimum atomic E-state index is -0.882. The molecule has 0 saturated heterocycles. The molecule has 36 heavy (non-hydrogen) atoms. The van der Waals surface area contributed by atoms with Crippen molar-refractivity contribution in [1.82, 2.24) is 14.8 Å². The highest BCUT2D eigenvalue weighted by molar-refractivity contribution is 5.68. The van der Waals surface area contributed by atoms with E-state index in [1.54, 1.807) is 10.7 Å². The highest BCUT2D eigenvalue weighted by Crippen LogP contribution is 2.29. The first kappa shape index (κ1) is 25.2. The highest BCUT2D eigenvalue weighted by atomic mass is 16.5. The number of nitrogens with zero attached hydrogens (tertiary/aromatic N) is 4. The van der Waals surface area contributed by atoms with Gasteiger partial charge in [0.05, 0.1) is 30.4 Å². The number of carbonyl (C=O) groups is 1. The zero-order valence-electron chi connectivity index (χ0n) is 21.1. The lowest BCUT2D eigenvalue weighted by Crippen LogP contribution is -2.14. The molecule has 3 aromatic rings. The maximum atomic E-state index is 11.7. The highest BCUT2D eigenvalue weighted by Gasteiger charge is 2.21. The molecule has 3 heterocycles. The second-order valence-corrected chi connectivity index (χ2v) is 9.69. The summed E-state index contributed by atoms with van der Waals surface area (Å²) in [6.07, 6.45) is 3.27. The van der Waals surface area contributed by atoms with Gasteiger partial charge in [-0.3, -0.25) is 4.79 Å². The Morgan fingerprint density at radius 1 is 1.22 bits per heavy atom. The third-order valence-electron chi connectivity index (χ3n) is 6.57. The lowest BCUT2D eigenvalue weighted by molar-refractivity contribution is -0.137. The minimum absolute atomic E-state index is 0.0444. The number of rotatable bonds is 10. The third-order valence-corrected chi connectivity index (χ3v) is 6.57. The summed E-state index contributed by atoms with van der Waals surface area (Å²) in [4.78, 5) is 16.4. The number of aromatic nitrogens is 3. The van der Waals surface area contributed by atoms with Crippen LogP contribution in [0.25, 0.3) is 0 Å². The van der Waals surface area contributed by atoms with Gasteiger partial charge in [-0.2, -0.15) is 10.4 Å². The topological polar surface area (TPSA) is 113 Å². The molecule has 0 saturated carbocycles. The molecule has 0 spiro atoms. The average Bonchev–Trinajstić information content (AvgIpc) is 3.21. The summed E-state index contributed by atoms with van der Waals surface area (Å²) in [6.45, 7) is 5.54. The molecule has 1 unspecified atom stereocenters. The van der Waals surface area contributed by atoms with Gasteiger partial charge < -0.3 is 15.2 Å². The fourth-order valence-corrected chi connectivity index (χ4v) is 4.59. The molecule has 1 aliphatic rings. The molecule has 2 N–H and O–H groups in total. The van der Waals surface area contributed by atoms with E-state index in [2.05, 4.69) is 42.5 Å². The molecule has 8 nitrogen and oxygen atoms in total. The van der Waals surface area contributed by atoms with Crippen molar-refractivity contribution in [2.24, 2.45) is 7.05 Å². The van der Waals surface area contributed by atoms with Crippen LogP contribution in [-0.2, 0) is 31.1 Å². The van der Waals surface area contributed by atoms with Crippen LogP contribution in [-0.4, -0.2) is 39.0 Å². The fourth-order valence-electron chi connectivity index (χ4n) is 4.59. The predicted molar refractivity (Wildman–Crippen MR) is 137 cm³/mol. The molecule has 0 fully saturated rings. The van der Waals surface area contributed by atoms with Gasteiger partial charge in [0.15, 0.2) is 0 Å². The van der Waals surface area contributed by atoms with Gasteiger partial charge in [-0.15, -0.1) is 0 Å². The Bertz CT molecular complexity index is 1270. The average molecular weight is 488 g/mol. The first-order valence-corrected chi connectivity index (χ1v) is 12.5. The van der Waals surface area contributed by atoms with E-state index in [0.29, 0.717) is 30.9 Å². The minimum Gasteiger partial charge on any atom is -0.481 e. The SMILES string of the molecule is CC(C)c1cc(C#N)cc(C(CC(=O)O)Cc2cc(OCCc3ccc4c(n3)NCCC4)n(C)n2)c1. The normalized spacial score (nSPS) is 13.5. The largest absolute Gasteiger partial charge is 0.481 e. The van der Waals surface area contributed by atoms with Crippen molar-refractivity contribution < 1.29 is 14.6 Å². The number of benzene rings is 1. The molecule has 0 radical (unpaired) electrons. The number of carboxylic acid groups (broad SMARTS) is 1. The number of aryl methyl sites for hydroxylation is 2. The number of hydrogen-bond acceptors (Lipinski definition) is 6. The van der Waals surface area contributed by atoms with Crippen molar-refractivity contribution in [3.05, 3.63) is 70.0 Å². The summed E-state index contributed by atoms with van der Waals surface area (Å²) in [5.41, 5.74) is 5.41. The molecule has 0 bridgehead atoms. The molecule has 4 rings (SSSR count). The maximum Gasteiger partial charge on any atom is 0.303 e. The second kappa shape index (κ2) is 11.3. The van der Waals surface area contributed by atoms with Crippen molar-refractivity contribution in [3.8, 4) is 11.9 Å². The smallest absolute Gasteiger partial charge is 0.303 e. The number of ether oxygens (including phenoxy) is 1. The van der Waals surface area contributed by atoms with Crippen LogP contribution in [0.5, 0.6) is 5.88 Å². The molecule has 1 aliphatic heterocycles. The first-order valence-electron chi connectivity index (χ1n) is 12.5. The molecule has 1 atom stereocenters. The van der Waals surface area contributed by atoms with Gasteiger partial charge in [0.2, 0.25) is 5.88 Å². The number of hydrogen-bond donors (Lipinski definition) is 2. The summed E-state index contributed by atoms with van der Waals surface area (Å²) in [7, 11) is 1.82. The summed E-state index contributed by atoms with van der Waals surface area (Å²) < 4.78 is 7.68. The van der Waals surface area contributed by atoms with Gasteiger partial charge in [0, 0.05) is 31.8 Å². The van der Waals surface area contributed by atoms with Crippen LogP contribution >= 0.6 is 0 Å². The van der Waals surface area contributed by atoms with Gasteiger partial charge in [0.1, 0.15) is 5.82 Å². The predicted octanol–water partition coefficient (Wildman–Crippen LogP) is 4.59. The molecule has 1 aromatic carbocycles. The summed E-state index contributed by atoms with van der Waals surface area (Å²) >= 11 is 0. The Balaban J connectivity index is 1.45. The van der Waals surface area contributed by atoms with Crippen LogP contribution in [0.15, 0.2) is 36.4 Å². The number of fused-ring (bicyclic) bond motifs is 1. The number of nitrogens with one attached hydrogen (secondary N) is 1. The van der Waals surface area contributed by atoms with Crippen LogP contribution in [0.2, 0.25) is 0 Å². The lowest BCUT2D eigenvalue weighted by atomic mass is 9.87. The molecular weight excluding hydrogens is 454 g/mol. The van der Waals surface area contributed by atoms with Crippen molar-refractivity contribution >= 4 is 11.8 Å². The number of pyridine rings is 1. The quantitative estimate of drug-likeness (QED) is 0.430. The fraction of sp³-hybridized carbons (Fsp3) is 0.429. The van der Waals surface area contributed by atoms with Crippen molar-refractivity contribution in [1.29, 1.82) is 5.26 Å². The van der Waals surface area contributed by atoms with Gasteiger partial charge >= 0.3 is 5.97 Å². The summed E-state index contributed by atoms with van der Waals surface area (Å²) in [5.74, 6) is 0.657. The Morgan fingerprint density at radius 3 is 2.78 bits per heavy atom. The number of carboxylic acids is 1. The summed E-state index contributed by atoms with van der Waals surface area (Å²) in [6, 6.07) is 13.9. The Hall–Kier alpha value is -3.86. The van der Waals surface area contributed by atoms with Crippen LogP contribution in [0, 0.1) is 11.3 Å². The Labute approximate surface area is 211 Å². The number of anilines is 1. The van der Waals surface area contributed by atoms with E-state index < -0.39 is 5.97 Å². The maximum absolute atomic E-state index is 11.7. The van der Waals surface area contributed by atoms with E-state index in [0.717, 1.165) is 47.7 Å². The third kappa shape index (κ3) is 6.22. The molecule has 0 amide bonds. The number of nitriles is 1. The molecule has 8 heteroatoms. The Kier molecular flexibility index (Phi) is 7.89. The van der Waals surface area contributed by atoms with E-state index in [1.807, 2.05) is 25.2 Å². The van der Waals surface area contributed by atoms with Crippen LogP contribution in [0.1, 0.15) is 72.2 Å². The van der Waals surface area contributed by atoms with E-state index in [4.69, 9.17) is 9.72 Å². The second-order valence-electron chi connectivity index (χ2n) is 9.69. The molecule has 2 aromatic heterocycles. The van der Waals surface area contributed by atoms with Gasteiger partial charge in [0.25, 0.3) is 0 Å². The van der Waals surface area contributed by atoms with Crippen LogP contribution in [0.4, 0.5) is 5.82 Å². The monoisotopic (exact) mass is 487 g/mol. The first-order chi connectivity index (χ1) is 17.3. The summed E-state index contributed by atoms with van der Waals surface area (Å²) in [5, 5.41) is 27.0. The van der Waals surface area contributed by atoms with Crippen molar-refractivity contribution in [2.75, 3.05) is 18.5 Å². The van der Waals surface area contributed by atoms with Gasteiger partial charge in [-0.25, -0.2) is 9.67 Å². The van der Waals surface area contributed by atoms with E-state index in [1.165, 1.54) is 5.56 Å². The molecule has 188 valence electrons. The Morgan fingerprint density at radius 2 is 2.03 bits per heavy atom. The van der Waals surface area contributed by atoms with Gasteiger partial charge in [-0.1, -0.05) is 26.0 Å². The molecular formula is C28H33N5O3. The van der Waals surface area contributed by atoms with Crippen LogP contribution in [0.3, 0.4) is 0 Å². The van der Waals surface area contributed by atoms with Gasteiger partial charge in [-0.05, 0) is 66.0 Å². The van der Waals surface area contributed by atoms with Crippen LogP contribution < -0.4 is 10.1 Å². The van der Waals surface area contributed by atoms with Crippen molar-refractivity contribution in [2.45, 2.75) is 57.8 Å². The van der Waals surface area contributed by atoms with Crippen molar-refractivity contribution in [3.63, 3.8) is 0 Å². The van der Waals surface area contributed by atoms with E-state index >= 15 is 0 Å². The van der Waals surface area contributed by atoms with E-state index in [-0.39, 0.29) is 18.3 Å².